The van der Waals surface area contributed by atoms with E-state index in [1.54, 1.807) is 0 Å². The lowest BCUT2D eigenvalue weighted by Crippen LogP contribution is -2.44. The standard InChI is InChI=1S/C9H13N5/c10-8(11)14(9(12)13)6-7-4-2-1-3-5-7/h1-5H,6H2,(H3,10,11)(H3,12,13). The first-order valence-electron chi connectivity index (χ1n) is 4.11. The molecule has 0 bridgehead atoms. The molecule has 0 spiro atoms. The molecule has 1 aromatic rings. The lowest BCUT2D eigenvalue weighted by Gasteiger charge is -2.20. The van der Waals surface area contributed by atoms with Gasteiger partial charge in [0.1, 0.15) is 0 Å². The molecule has 0 aromatic heterocycles. The minimum atomic E-state index is -0.221. The molecule has 74 valence electrons. The van der Waals surface area contributed by atoms with E-state index in [1.165, 1.54) is 4.90 Å². The van der Waals surface area contributed by atoms with E-state index in [1.807, 2.05) is 30.3 Å². The summed E-state index contributed by atoms with van der Waals surface area (Å²) in [7, 11) is 0. The first-order valence-corrected chi connectivity index (χ1v) is 4.11. The van der Waals surface area contributed by atoms with Crippen molar-refractivity contribution in [2.24, 2.45) is 11.5 Å². The van der Waals surface area contributed by atoms with Crippen LogP contribution < -0.4 is 11.5 Å². The Morgan fingerprint density at radius 1 is 1.07 bits per heavy atom. The highest BCUT2D eigenvalue weighted by molar-refractivity contribution is 5.94. The van der Waals surface area contributed by atoms with Crippen LogP contribution >= 0.6 is 0 Å². The predicted molar refractivity (Wildman–Crippen MR) is 55.8 cm³/mol. The highest BCUT2D eigenvalue weighted by atomic mass is 15.3. The van der Waals surface area contributed by atoms with Crippen molar-refractivity contribution in [2.75, 3.05) is 0 Å². The normalized spacial score (nSPS) is 9.43. The lowest BCUT2D eigenvalue weighted by atomic mass is 10.2. The molecule has 0 saturated carbocycles. The van der Waals surface area contributed by atoms with Crippen molar-refractivity contribution in [2.45, 2.75) is 6.54 Å². The van der Waals surface area contributed by atoms with Gasteiger partial charge in [-0.2, -0.15) is 0 Å². The zero-order valence-corrected chi connectivity index (χ0v) is 7.70. The van der Waals surface area contributed by atoms with Gasteiger partial charge in [0.05, 0.1) is 6.54 Å². The van der Waals surface area contributed by atoms with Crippen LogP contribution in [0.3, 0.4) is 0 Å². The number of benzene rings is 1. The van der Waals surface area contributed by atoms with E-state index in [2.05, 4.69) is 0 Å². The van der Waals surface area contributed by atoms with Gasteiger partial charge < -0.3 is 11.5 Å². The molecule has 0 atom stereocenters. The maximum Gasteiger partial charge on any atom is 0.195 e. The molecule has 0 amide bonds. The minimum Gasteiger partial charge on any atom is -0.370 e. The van der Waals surface area contributed by atoms with Gasteiger partial charge in [0.25, 0.3) is 0 Å². The summed E-state index contributed by atoms with van der Waals surface area (Å²) >= 11 is 0. The van der Waals surface area contributed by atoms with Gasteiger partial charge in [-0.15, -0.1) is 0 Å². The van der Waals surface area contributed by atoms with E-state index in [-0.39, 0.29) is 11.9 Å². The van der Waals surface area contributed by atoms with Crippen LogP contribution in [-0.2, 0) is 6.54 Å². The Kier molecular flexibility index (Phi) is 3.06. The average molecular weight is 191 g/mol. The fraction of sp³-hybridized carbons (Fsp3) is 0.111. The summed E-state index contributed by atoms with van der Waals surface area (Å²) in [5.41, 5.74) is 11.5. The molecule has 1 aromatic carbocycles. The Morgan fingerprint density at radius 3 is 2.00 bits per heavy atom. The number of hydrogen-bond acceptors (Lipinski definition) is 2. The number of hydrogen-bond donors (Lipinski definition) is 4. The first-order chi connectivity index (χ1) is 6.61. The van der Waals surface area contributed by atoms with Gasteiger partial charge in [0.2, 0.25) is 0 Å². The van der Waals surface area contributed by atoms with Crippen LogP contribution in [-0.4, -0.2) is 16.8 Å². The second kappa shape index (κ2) is 4.27. The summed E-state index contributed by atoms with van der Waals surface area (Å²) in [6, 6.07) is 9.44. The summed E-state index contributed by atoms with van der Waals surface area (Å²) in [6.45, 7) is 0.353. The predicted octanol–water partition coefficient (Wildman–Crippen LogP) is 0.276. The number of guanidine groups is 2. The van der Waals surface area contributed by atoms with Gasteiger partial charge in [0, 0.05) is 0 Å². The lowest BCUT2D eigenvalue weighted by molar-refractivity contribution is 0.582. The summed E-state index contributed by atoms with van der Waals surface area (Å²) < 4.78 is 0. The minimum absolute atomic E-state index is 0.221. The molecular formula is C9H13N5. The maximum atomic E-state index is 7.21. The van der Waals surface area contributed by atoms with E-state index < -0.39 is 0 Å². The number of nitrogens with zero attached hydrogens (tertiary/aromatic N) is 1. The molecule has 0 aliphatic heterocycles. The summed E-state index contributed by atoms with van der Waals surface area (Å²) in [5.74, 6) is -0.442. The molecule has 1 rings (SSSR count). The van der Waals surface area contributed by atoms with Crippen LogP contribution in [0.25, 0.3) is 0 Å². The van der Waals surface area contributed by atoms with Crippen LogP contribution in [0.4, 0.5) is 0 Å². The van der Waals surface area contributed by atoms with Crippen LogP contribution in [0.5, 0.6) is 0 Å². The van der Waals surface area contributed by atoms with Crippen molar-refractivity contribution < 1.29 is 0 Å². The number of nitrogens with two attached hydrogens (primary N) is 2. The van der Waals surface area contributed by atoms with E-state index in [0.717, 1.165) is 5.56 Å². The number of rotatable bonds is 2. The summed E-state index contributed by atoms with van der Waals surface area (Å²) in [4.78, 5) is 1.22. The Labute approximate surface area is 82.3 Å². The maximum absolute atomic E-state index is 7.21. The van der Waals surface area contributed by atoms with Crippen LogP contribution in [0, 0.1) is 10.8 Å². The Balaban J connectivity index is 2.75. The molecule has 5 nitrogen and oxygen atoms in total. The summed E-state index contributed by atoms with van der Waals surface area (Å²) in [5, 5.41) is 14.4. The van der Waals surface area contributed by atoms with Crippen LogP contribution in [0.15, 0.2) is 30.3 Å². The zero-order valence-electron chi connectivity index (χ0n) is 7.70. The third-order valence-corrected chi connectivity index (χ3v) is 1.77. The molecule has 0 aliphatic carbocycles. The van der Waals surface area contributed by atoms with Gasteiger partial charge in [-0.05, 0) is 5.56 Å². The third-order valence-electron chi connectivity index (χ3n) is 1.77. The van der Waals surface area contributed by atoms with Gasteiger partial charge in [-0.1, -0.05) is 30.3 Å². The molecule has 14 heavy (non-hydrogen) atoms. The van der Waals surface area contributed by atoms with E-state index in [0.29, 0.717) is 6.54 Å². The molecule has 5 heteroatoms. The number of nitrogens with one attached hydrogen (secondary N) is 2. The highest BCUT2D eigenvalue weighted by Crippen LogP contribution is 2.02. The second-order valence-corrected chi connectivity index (χ2v) is 2.84. The smallest absolute Gasteiger partial charge is 0.195 e. The van der Waals surface area contributed by atoms with Gasteiger partial charge in [-0.25, -0.2) is 0 Å². The molecule has 0 radical (unpaired) electrons. The van der Waals surface area contributed by atoms with Crippen molar-refractivity contribution in [3.05, 3.63) is 35.9 Å². The molecule has 0 unspecified atom stereocenters. The first kappa shape index (κ1) is 10.0. The van der Waals surface area contributed by atoms with Crippen molar-refractivity contribution in [3.8, 4) is 0 Å². The van der Waals surface area contributed by atoms with Crippen molar-refractivity contribution in [1.29, 1.82) is 10.8 Å². The molecule has 6 N–H and O–H groups in total. The van der Waals surface area contributed by atoms with Crippen LogP contribution in [0.1, 0.15) is 5.56 Å². The van der Waals surface area contributed by atoms with E-state index >= 15 is 0 Å². The second-order valence-electron chi connectivity index (χ2n) is 2.84. The monoisotopic (exact) mass is 191 g/mol. The molecular weight excluding hydrogens is 178 g/mol. The van der Waals surface area contributed by atoms with Crippen LogP contribution in [0.2, 0.25) is 0 Å². The van der Waals surface area contributed by atoms with Gasteiger partial charge in [-0.3, -0.25) is 15.7 Å². The Hall–Kier alpha value is -2.04. The quantitative estimate of drug-likeness (QED) is 0.398. The molecule has 0 saturated heterocycles. The fourth-order valence-corrected chi connectivity index (χ4v) is 1.07. The fourth-order valence-electron chi connectivity index (χ4n) is 1.07. The third kappa shape index (κ3) is 2.48. The topological polar surface area (TPSA) is 103 Å². The SMILES string of the molecule is N=C(N)N(Cc1ccccc1)C(=N)N. The van der Waals surface area contributed by atoms with Gasteiger partial charge in [0.15, 0.2) is 11.9 Å². The van der Waals surface area contributed by atoms with Gasteiger partial charge >= 0.3 is 0 Å². The Morgan fingerprint density at radius 2 is 1.57 bits per heavy atom. The highest BCUT2D eigenvalue weighted by Gasteiger charge is 2.09. The molecule has 0 heterocycles. The molecule has 0 aliphatic rings. The van der Waals surface area contributed by atoms with Crippen molar-refractivity contribution in [3.63, 3.8) is 0 Å². The average Bonchev–Trinajstić information content (AvgIpc) is 2.15. The van der Waals surface area contributed by atoms with E-state index in [9.17, 15) is 0 Å². The largest absolute Gasteiger partial charge is 0.370 e. The van der Waals surface area contributed by atoms with Crippen molar-refractivity contribution in [1.82, 2.24) is 4.90 Å². The summed E-state index contributed by atoms with van der Waals surface area (Å²) in [6.07, 6.45) is 0. The Bertz CT molecular complexity index is 318. The van der Waals surface area contributed by atoms with E-state index in [4.69, 9.17) is 22.3 Å². The molecule has 0 fully saturated rings. The van der Waals surface area contributed by atoms with Crippen molar-refractivity contribution >= 4 is 11.9 Å². The zero-order chi connectivity index (χ0) is 10.6.